The number of ether oxygens (including phenoxy) is 2. The molecule has 9 nitrogen and oxygen atoms in total. The van der Waals surface area contributed by atoms with Gasteiger partial charge >= 0.3 is 23.9 Å². The zero-order valence-corrected chi connectivity index (χ0v) is 11.1. The molecule has 1 N–H and O–H groups in total. The molecular formula is C10H12O9S. The molecule has 0 aromatic heterocycles. The quantitative estimate of drug-likeness (QED) is 0.379. The van der Waals surface area contributed by atoms with Gasteiger partial charge in [-0.1, -0.05) is 0 Å². The summed E-state index contributed by atoms with van der Waals surface area (Å²) in [5, 5.41) is -2.30. The van der Waals surface area contributed by atoms with Gasteiger partial charge in [-0.05, 0) is 12.8 Å². The van der Waals surface area contributed by atoms with Crippen LogP contribution in [0.5, 0.6) is 0 Å². The normalized spacial score (nSPS) is 23.4. The number of hydrogen-bond acceptors (Lipinski definition) is 8. The molecule has 0 amide bonds. The third-order valence-electron chi connectivity index (χ3n) is 2.43. The van der Waals surface area contributed by atoms with E-state index >= 15 is 0 Å². The molecule has 10 heteroatoms. The van der Waals surface area contributed by atoms with Crippen LogP contribution >= 0.6 is 0 Å². The van der Waals surface area contributed by atoms with Crippen molar-refractivity contribution >= 4 is 34.0 Å². The van der Waals surface area contributed by atoms with Crippen LogP contribution < -0.4 is 0 Å². The molecule has 1 heterocycles. The minimum Gasteiger partial charge on any atom is -0.393 e. The maximum atomic E-state index is 11.4. The Hall–Kier alpha value is -1.81. The number of carbonyl (C=O) groups excluding carboxylic acids is 4. The van der Waals surface area contributed by atoms with Gasteiger partial charge in [-0.2, -0.15) is 8.42 Å². The van der Waals surface area contributed by atoms with E-state index in [1.165, 1.54) is 0 Å². The van der Waals surface area contributed by atoms with E-state index in [-0.39, 0.29) is 25.7 Å². The van der Waals surface area contributed by atoms with Crippen molar-refractivity contribution in [3.63, 3.8) is 0 Å². The fourth-order valence-electron chi connectivity index (χ4n) is 1.45. The summed E-state index contributed by atoms with van der Waals surface area (Å²) in [5.74, 6) is -4.78. The van der Waals surface area contributed by atoms with E-state index in [2.05, 4.69) is 9.47 Å². The maximum absolute atomic E-state index is 11.4. The largest absolute Gasteiger partial charge is 0.393 e. The second-order valence-corrected chi connectivity index (χ2v) is 5.65. The Morgan fingerprint density at radius 3 is 1.90 bits per heavy atom. The lowest BCUT2D eigenvalue weighted by Crippen LogP contribution is -2.36. The molecule has 0 radical (unpaired) electrons. The summed E-state index contributed by atoms with van der Waals surface area (Å²) in [6.45, 7) is 0. The van der Waals surface area contributed by atoms with Crippen molar-refractivity contribution in [2.24, 2.45) is 0 Å². The van der Waals surface area contributed by atoms with Crippen molar-refractivity contribution in [1.29, 1.82) is 0 Å². The molecule has 20 heavy (non-hydrogen) atoms. The van der Waals surface area contributed by atoms with E-state index in [1.807, 2.05) is 0 Å². The van der Waals surface area contributed by atoms with Gasteiger partial charge in [0.05, 0.1) is 6.42 Å². The van der Waals surface area contributed by atoms with Crippen molar-refractivity contribution in [3.8, 4) is 0 Å². The van der Waals surface area contributed by atoms with Crippen LogP contribution in [0, 0.1) is 0 Å². The third kappa shape index (κ3) is 5.05. The van der Waals surface area contributed by atoms with Crippen molar-refractivity contribution in [2.75, 3.05) is 0 Å². The summed E-state index contributed by atoms with van der Waals surface area (Å²) in [4.78, 5) is 45.1. The molecule has 0 saturated carbocycles. The zero-order chi connectivity index (χ0) is 15.3. The summed E-state index contributed by atoms with van der Waals surface area (Å²) >= 11 is 0. The highest BCUT2D eigenvalue weighted by Crippen LogP contribution is 2.12. The second-order valence-electron chi connectivity index (χ2n) is 4.05. The fraction of sp³-hybridized carbons (Fsp3) is 0.600. The Balaban J connectivity index is 2.96. The van der Waals surface area contributed by atoms with Crippen LogP contribution in [0.4, 0.5) is 0 Å². The summed E-state index contributed by atoms with van der Waals surface area (Å²) in [7, 11) is -4.98. The monoisotopic (exact) mass is 308 g/mol. The first-order valence-electron chi connectivity index (χ1n) is 5.64. The van der Waals surface area contributed by atoms with Crippen LogP contribution in [0.15, 0.2) is 0 Å². The SMILES string of the molecule is O=C1CCCCC(=O)OC(=O)C(S(=O)(=O)O)CC(=O)O1. The van der Waals surface area contributed by atoms with Crippen LogP contribution in [-0.2, 0) is 38.8 Å². The number of esters is 4. The summed E-state index contributed by atoms with van der Waals surface area (Å²) in [5.41, 5.74) is 0. The highest BCUT2D eigenvalue weighted by molar-refractivity contribution is 7.87. The summed E-state index contributed by atoms with van der Waals surface area (Å²) in [6.07, 6.45) is -1.01. The van der Waals surface area contributed by atoms with Gasteiger partial charge in [0, 0.05) is 12.8 Å². The average Bonchev–Trinajstić information content (AvgIpc) is 2.28. The summed E-state index contributed by atoms with van der Waals surface area (Å²) in [6, 6.07) is 0. The Morgan fingerprint density at radius 1 is 0.900 bits per heavy atom. The van der Waals surface area contributed by atoms with Crippen molar-refractivity contribution in [3.05, 3.63) is 0 Å². The minimum atomic E-state index is -4.98. The Kier molecular flexibility index (Phi) is 5.34. The van der Waals surface area contributed by atoms with Crippen molar-refractivity contribution in [1.82, 2.24) is 0 Å². The first-order chi connectivity index (χ1) is 9.20. The van der Waals surface area contributed by atoms with Crippen LogP contribution in [0.25, 0.3) is 0 Å². The van der Waals surface area contributed by atoms with Gasteiger partial charge in [0.2, 0.25) is 0 Å². The molecule has 0 aromatic rings. The molecule has 1 saturated heterocycles. The van der Waals surface area contributed by atoms with Crippen molar-refractivity contribution in [2.45, 2.75) is 37.4 Å². The van der Waals surface area contributed by atoms with Gasteiger partial charge in [-0.3, -0.25) is 23.7 Å². The lowest BCUT2D eigenvalue weighted by Gasteiger charge is -2.12. The summed E-state index contributed by atoms with van der Waals surface area (Å²) < 4.78 is 39.4. The first-order valence-corrected chi connectivity index (χ1v) is 7.15. The molecule has 1 unspecified atom stereocenters. The van der Waals surface area contributed by atoms with E-state index in [1.54, 1.807) is 0 Å². The lowest BCUT2D eigenvalue weighted by molar-refractivity contribution is -0.165. The van der Waals surface area contributed by atoms with E-state index in [0.29, 0.717) is 0 Å². The van der Waals surface area contributed by atoms with Crippen molar-refractivity contribution < 1.29 is 41.6 Å². The first kappa shape index (κ1) is 16.2. The molecule has 0 spiro atoms. The van der Waals surface area contributed by atoms with E-state index in [9.17, 15) is 27.6 Å². The molecule has 1 aliphatic rings. The smallest absolute Gasteiger partial charge is 0.335 e. The van der Waals surface area contributed by atoms with E-state index in [4.69, 9.17) is 4.55 Å². The average molecular weight is 308 g/mol. The maximum Gasteiger partial charge on any atom is 0.335 e. The zero-order valence-electron chi connectivity index (χ0n) is 10.2. The lowest BCUT2D eigenvalue weighted by atomic mass is 10.2. The number of hydrogen-bond donors (Lipinski definition) is 1. The molecule has 1 fully saturated rings. The Bertz CT molecular complexity index is 533. The van der Waals surface area contributed by atoms with E-state index < -0.39 is 45.7 Å². The van der Waals surface area contributed by atoms with Gasteiger partial charge in [-0.25, -0.2) is 0 Å². The fourth-order valence-corrected chi connectivity index (χ4v) is 2.09. The number of cyclic esters (lactones) is 4. The van der Waals surface area contributed by atoms with Gasteiger partial charge in [0.25, 0.3) is 10.1 Å². The van der Waals surface area contributed by atoms with Gasteiger partial charge < -0.3 is 9.47 Å². The molecule has 1 atom stereocenters. The number of carbonyl (C=O) groups is 4. The number of rotatable bonds is 1. The predicted molar refractivity (Wildman–Crippen MR) is 60.6 cm³/mol. The van der Waals surface area contributed by atoms with Crippen LogP contribution in [0.1, 0.15) is 32.1 Å². The second kappa shape index (κ2) is 6.57. The molecular weight excluding hydrogens is 296 g/mol. The molecule has 0 aliphatic carbocycles. The minimum absolute atomic E-state index is 0.135. The standard InChI is InChI=1S/C10H12O9S/c11-7-3-1-2-4-8(12)19-10(14)6(20(15,16)17)5-9(13)18-7/h6H,1-5H2,(H,15,16,17). The van der Waals surface area contributed by atoms with Crippen LogP contribution in [-0.4, -0.2) is 42.1 Å². The Morgan fingerprint density at radius 2 is 1.40 bits per heavy atom. The van der Waals surface area contributed by atoms with Gasteiger partial charge in [0.15, 0.2) is 5.25 Å². The highest BCUT2D eigenvalue weighted by Gasteiger charge is 2.37. The van der Waals surface area contributed by atoms with E-state index in [0.717, 1.165) is 0 Å². The van der Waals surface area contributed by atoms with Gasteiger partial charge in [0.1, 0.15) is 0 Å². The van der Waals surface area contributed by atoms with Crippen LogP contribution in [0.3, 0.4) is 0 Å². The molecule has 0 aromatic carbocycles. The third-order valence-corrected chi connectivity index (χ3v) is 3.51. The topological polar surface area (TPSA) is 141 Å². The highest BCUT2D eigenvalue weighted by atomic mass is 32.2. The predicted octanol–water partition coefficient (Wildman–Crippen LogP) is -0.653. The molecule has 1 aliphatic heterocycles. The van der Waals surface area contributed by atoms with Crippen LogP contribution in [0.2, 0.25) is 0 Å². The van der Waals surface area contributed by atoms with Gasteiger partial charge in [-0.15, -0.1) is 0 Å². The Labute approximate surface area is 114 Å². The molecule has 112 valence electrons. The molecule has 1 rings (SSSR count). The molecule has 0 bridgehead atoms.